The predicted molar refractivity (Wildman–Crippen MR) is 74.9 cm³/mol. The van der Waals surface area contributed by atoms with Gasteiger partial charge in [0, 0.05) is 37.0 Å². The third-order valence-corrected chi connectivity index (χ3v) is 3.77. The first-order chi connectivity index (χ1) is 10.6. The van der Waals surface area contributed by atoms with Crippen molar-refractivity contribution in [1.82, 2.24) is 10.3 Å². The molecule has 1 N–H and O–H groups in total. The maximum atomic E-state index is 13.8. The Kier molecular flexibility index (Phi) is 4.29. The molecule has 22 heavy (non-hydrogen) atoms. The van der Waals surface area contributed by atoms with Crippen LogP contribution in [0.25, 0.3) is 0 Å². The molecule has 6 heteroatoms. The van der Waals surface area contributed by atoms with Crippen LogP contribution < -0.4 is 10.1 Å². The minimum atomic E-state index is -1.04. The van der Waals surface area contributed by atoms with E-state index in [4.69, 9.17) is 4.74 Å². The Bertz CT molecular complexity index is 622. The number of halogens is 3. The second kappa shape index (κ2) is 6.36. The van der Waals surface area contributed by atoms with Gasteiger partial charge in [0.05, 0.1) is 0 Å². The number of aromatic nitrogens is 1. The number of nitrogens with one attached hydrogen (secondary N) is 1. The molecule has 2 heterocycles. The van der Waals surface area contributed by atoms with E-state index in [0.29, 0.717) is 18.7 Å². The van der Waals surface area contributed by atoms with Gasteiger partial charge in [0.2, 0.25) is 0 Å². The number of hydrogen-bond donors (Lipinski definition) is 1. The molecule has 0 saturated carbocycles. The highest BCUT2D eigenvalue weighted by atomic mass is 19.1. The molecule has 1 fully saturated rings. The number of nitrogens with zero attached hydrogens (tertiary/aromatic N) is 1. The largest absolute Gasteiger partial charge is 0.479 e. The van der Waals surface area contributed by atoms with E-state index >= 15 is 0 Å². The molecule has 1 aliphatic rings. The molecule has 0 bridgehead atoms. The van der Waals surface area contributed by atoms with E-state index in [1.807, 2.05) is 0 Å². The van der Waals surface area contributed by atoms with Gasteiger partial charge in [-0.05, 0) is 30.7 Å². The summed E-state index contributed by atoms with van der Waals surface area (Å²) in [6.07, 6.45) is 3.52. The standard InChI is InChI=1S/C16H15F3N2O/c17-12-7-13(18)16(14(19)8-12)22-15(11-3-6-21-9-11)10-1-4-20-5-2-10/h1-2,4-5,7-8,11,15,21H,3,6,9H2/t11-,15?/m1/s1. The van der Waals surface area contributed by atoms with Crippen molar-refractivity contribution < 1.29 is 17.9 Å². The fourth-order valence-corrected chi connectivity index (χ4v) is 2.69. The van der Waals surface area contributed by atoms with E-state index < -0.39 is 29.3 Å². The van der Waals surface area contributed by atoms with Crippen LogP contribution in [-0.4, -0.2) is 18.1 Å². The smallest absolute Gasteiger partial charge is 0.191 e. The average molecular weight is 308 g/mol. The third-order valence-electron chi connectivity index (χ3n) is 3.77. The summed E-state index contributed by atoms with van der Waals surface area (Å²) in [6, 6.07) is 4.74. The van der Waals surface area contributed by atoms with Crippen molar-refractivity contribution in [2.45, 2.75) is 12.5 Å². The lowest BCUT2D eigenvalue weighted by Gasteiger charge is -2.25. The Morgan fingerprint density at radius 2 is 1.82 bits per heavy atom. The molecule has 0 amide bonds. The number of rotatable bonds is 4. The van der Waals surface area contributed by atoms with E-state index in [1.165, 1.54) is 0 Å². The molecule has 0 spiro atoms. The summed E-state index contributed by atoms with van der Waals surface area (Å²) in [5.41, 5.74) is 0.784. The molecule has 116 valence electrons. The molecule has 1 aromatic carbocycles. The van der Waals surface area contributed by atoms with Crippen molar-refractivity contribution in [3.8, 4) is 5.75 Å². The monoisotopic (exact) mass is 308 g/mol. The molecule has 1 aliphatic heterocycles. The molecule has 2 atom stereocenters. The van der Waals surface area contributed by atoms with E-state index in [1.54, 1.807) is 24.5 Å². The highest BCUT2D eigenvalue weighted by Gasteiger charge is 2.30. The molecule has 1 aromatic heterocycles. The number of benzene rings is 1. The van der Waals surface area contributed by atoms with Crippen molar-refractivity contribution in [1.29, 1.82) is 0 Å². The van der Waals surface area contributed by atoms with Gasteiger partial charge in [-0.25, -0.2) is 13.2 Å². The van der Waals surface area contributed by atoms with Crippen LogP contribution in [0.3, 0.4) is 0 Å². The number of ether oxygens (including phenoxy) is 1. The normalized spacial score (nSPS) is 19.1. The van der Waals surface area contributed by atoms with E-state index in [9.17, 15) is 13.2 Å². The van der Waals surface area contributed by atoms with E-state index in [0.717, 1.165) is 18.5 Å². The molecule has 0 aliphatic carbocycles. The SMILES string of the molecule is Fc1cc(F)c(OC(c2ccncc2)[C@@H]2CCNC2)c(F)c1. The lowest BCUT2D eigenvalue weighted by Crippen LogP contribution is -2.22. The van der Waals surface area contributed by atoms with Crippen LogP contribution in [0.1, 0.15) is 18.1 Å². The van der Waals surface area contributed by atoms with Gasteiger partial charge < -0.3 is 10.1 Å². The van der Waals surface area contributed by atoms with Gasteiger partial charge in [-0.3, -0.25) is 4.98 Å². The zero-order valence-corrected chi connectivity index (χ0v) is 11.7. The van der Waals surface area contributed by atoms with Crippen LogP contribution in [-0.2, 0) is 0 Å². The average Bonchev–Trinajstić information content (AvgIpc) is 3.01. The number of hydrogen-bond acceptors (Lipinski definition) is 3. The first-order valence-corrected chi connectivity index (χ1v) is 7.07. The highest BCUT2D eigenvalue weighted by Crippen LogP contribution is 2.34. The second-order valence-corrected chi connectivity index (χ2v) is 5.27. The third kappa shape index (κ3) is 3.06. The Morgan fingerprint density at radius 1 is 1.14 bits per heavy atom. The summed E-state index contributed by atoms with van der Waals surface area (Å²) >= 11 is 0. The molecule has 2 aromatic rings. The molecule has 1 unspecified atom stereocenters. The zero-order valence-electron chi connectivity index (χ0n) is 11.7. The summed E-state index contributed by atoms with van der Waals surface area (Å²) in [5.74, 6) is -3.52. The van der Waals surface area contributed by atoms with Crippen LogP contribution in [0.15, 0.2) is 36.7 Å². The molecule has 1 saturated heterocycles. The van der Waals surface area contributed by atoms with Crippen molar-refractivity contribution in [3.63, 3.8) is 0 Å². The summed E-state index contributed by atoms with van der Waals surface area (Å²) in [7, 11) is 0. The highest BCUT2D eigenvalue weighted by molar-refractivity contribution is 5.29. The number of pyridine rings is 1. The maximum Gasteiger partial charge on any atom is 0.191 e. The van der Waals surface area contributed by atoms with Crippen molar-refractivity contribution in [3.05, 3.63) is 59.7 Å². The van der Waals surface area contributed by atoms with Crippen molar-refractivity contribution >= 4 is 0 Å². The Labute approximate surface area is 126 Å². The van der Waals surface area contributed by atoms with E-state index in [-0.39, 0.29) is 5.92 Å². The first-order valence-electron chi connectivity index (χ1n) is 7.07. The summed E-state index contributed by atoms with van der Waals surface area (Å²) < 4.78 is 46.3. The molecular weight excluding hydrogens is 293 g/mol. The first kappa shape index (κ1) is 14.8. The Balaban J connectivity index is 1.94. The second-order valence-electron chi connectivity index (χ2n) is 5.27. The Morgan fingerprint density at radius 3 is 2.41 bits per heavy atom. The van der Waals surface area contributed by atoms with Gasteiger partial charge in [-0.15, -0.1) is 0 Å². The van der Waals surface area contributed by atoms with Crippen LogP contribution in [0.5, 0.6) is 5.75 Å². The quantitative estimate of drug-likeness (QED) is 0.941. The lowest BCUT2D eigenvalue weighted by molar-refractivity contribution is 0.131. The maximum absolute atomic E-state index is 13.8. The lowest BCUT2D eigenvalue weighted by atomic mass is 9.95. The van der Waals surface area contributed by atoms with Gasteiger partial charge in [0.25, 0.3) is 0 Å². The molecule has 0 radical (unpaired) electrons. The van der Waals surface area contributed by atoms with Crippen LogP contribution in [0, 0.1) is 23.4 Å². The van der Waals surface area contributed by atoms with Crippen molar-refractivity contribution in [2.75, 3.05) is 13.1 Å². The summed E-state index contributed by atoms with van der Waals surface area (Å²) in [4.78, 5) is 3.94. The minimum absolute atomic E-state index is 0.0752. The predicted octanol–water partition coefficient (Wildman–Crippen LogP) is 3.23. The molecular formula is C16H15F3N2O. The van der Waals surface area contributed by atoms with Gasteiger partial charge in [-0.2, -0.15) is 0 Å². The van der Waals surface area contributed by atoms with Gasteiger partial charge in [-0.1, -0.05) is 0 Å². The van der Waals surface area contributed by atoms with Gasteiger partial charge in [0.15, 0.2) is 17.4 Å². The van der Waals surface area contributed by atoms with Crippen LogP contribution >= 0.6 is 0 Å². The summed E-state index contributed by atoms with van der Waals surface area (Å²) in [5, 5.41) is 3.20. The van der Waals surface area contributed by atoms with E-state index in [2.05, 4.69) is 10.3 Å². The zero-order chi connectivity index (χ0) is 15.5. The topological polar surface area (TPSA) is 34.1 Å². The molecule has 3 rings (SSSR count). The van der Waals surface area contributed by atoms with Gasteiger partial charge >= 0.3 is 0 Å². The summed E-state index contributed by atoms with van der Waals surface area (Å²) in [6.45, 7) is 1.52. The van der Waals surface area contributed by atoms with Crippen LogP contribution in [0.2, 0.25) is 0 Å². The fraction of sp³-hybridized carbons (Fsp3) is 0.312. The fourth-order valence-electron chi connectivity index (χ4n) is 2.69. The molecule has 3 nitrogen and oxygen atoms in total. The van der Waals surface area contributed by atoms with Crippen molar-refractivity contribution in [2.24, 2.45) is 5.92 Å². The minimum Gasteiger partial charge on any atom is -0.479 e. The van der Waals surface area contributed by atoms with Gasteiger partial charge in [0.1, 0.15) is 11.9 Å². The Hall–Kier alpha value is -2.08. The van der Waals surface area contributed by atoms with Crippen LogP contribution in [0.4, 0.5) is 13.2 Å².